The summed E-state index contributed by atoms with van der Waals surface area (Å²) < 4.78 is 5.63. The molecule has 0 unspecified atom stereocenters. The molecule has 22 heavy (non-hydrogen) atoms. The third kappa shape index (κ3) is 4.58. The minimum absolute atomic E-state index is 0.0194. The quantitative estimate of drug-likeness (QED) is 0.823. The summed E-state index contributed by atoms with van der Waals surface area (Å²) in [5.74, 6) is 0.746. The molecule has 4 nitrogen and oxygen atoms in total. The largest absolute Gasteiger partial charge is 0.484 e. The molecule has 0 atom stereocenters. The lowest BCUT2D eigenvalue weighted by molar-refractivity contribution is -0.132. The fourth-order valence-electron chi connectivity index (χ4n) is 2.18. The van der Waals surface area contributed by atoms with Gasteiger partial charge in [-0.2, -0.15) is 0 Å². The van der Waals surface area contributed by atoms with Gasteiger partial charge in [0, 0.05) is 26.0 Å². The highest BCUT2D eigenvalue weighted by molar-refractivity contribution is 5.77. The molecule has 1 heterocycles. The Kier molecular flexibility index (Phi) is 5.53. The number of aryl methyl sites for hydroxylation is 2. The first-order valence-corrected chi connectivity index (χ1v) is 7.39. The summed E-state index contributed by atoms with van der Waals surface area (Å²) >= 11 is 0. The molecule has 0 bridgehead atoms. The maximum absolute atomic E-state index is 12.1. The summed E-state index contributed by atoms with van der Waals surface area (Å²) in [6, 6.07) is 9.87. The molecule has 1 aromatic heterocycles. The summed E-state index contributed by atoms with van der Waals surface area (Å²) in [4.78, 5) is 17.8. The van der Waals surface area contributed by atoms with Crippen molar-refractivity contribution in [3.8, 4) is 5.75 Å². The highest BCUT2D eigenvalue weighted by Gasteiger charge is 2.10. The zero-order valence-electron chi connectivity index (χ0n) is 13.4. The molecule has 1 amide bonds. The Bertz CT molecular complexity index is 626. The molecule has 0 aliphatic heterocycles. The van der Waals surface area contributed by atoms with Gasteiger partial charge in [0.1, 0.15) is 5.75 Å². The van der Waals surface area contributed by atoms with E-state index in [1.807, 2.05) is 44.2 Å². The number of pyridine rings is 1. The Morgan fingerprint density at radius 1 is 1.18 bits per heavy atom. The number of likely N-dealkylation sites (N-methyl/N-ethyl adjacent to an activating group) is 1. The number of benzene rings is 1. The molecule has 2 aromatic rings. The zero-order chi connectivity index (χ0) is 15.9. The maximum Gasteiger partial charge on any atom is 0.260 e. The molecule has 0 radical (unpaired) electrons. The van der Waals surface area contributed by atoms with E-state index in [0.717, 1.165) is 17.7 Å². The number of nitrogens with zero attached hydrogens (tertiary/aromatic N) is 2. The average molecular weight is 298 g/mol. The van der Waals surface area contributed by atoms with Gasteiger partial charge in [0.15, 0.2) is 6.61 Å². The van der Waals surface area contributed by atoms with E-state index in [9.17, 15) is 4.79 Å². The summed E-state index contributed by atoms with van der Waals surface area (Å²) in [7, 11) is 1.80. The number of amides is 1. The SMILES string of the molecule is Cc1ccc(OCC(=O)N(C)CCc2ccncc2)c(C)c1. The number of carbonyl (C=O) groups excluding carboxylic acids is 1. The van der Waals surface area contributed by atoms with E-state index >= 15 is 0 Å². The van der Waals surface area contributed by atoms with Gasteiger partial charge in [-0.25, -0.2) is 0 Å². The fraction of sp³-hybridized carbons (Fsp3) is 0.333. The third-order valence-corrected chi connectivity index (χ3v) is 3.59. The molecule has 2 rings (SSSR count). The van der Waals surface area contributed by atoms with E-state index in [1.54, 1.807) is 24.3 Å². The Morgan fingerprint density at radius 3 is 2.59 bits per heavy atom. The van der Waals surface area contributed by atoms with Crippen LogP contribution >= 0.6 is 0 Å². The van der Waals surface area contributed by atoms with Gasteiger partial charge in [-0.3, -0.25) is 9.78 Å². The minimum atomic E-state index is -0.0194. The van der Waals surface area contributed by atoms with Crippen LogP contribution in [0.3, 0.4) is 0 Å². The van der Waals surface area contributed by atoms with Crippen molar-refractivity contribution >= 4 is 5.91 Å². The lowest BCUT2D eigenvalue weighted by Gasteiger charge is -2.18. The Labute approximate surface area is 131 Å². The van der Waals surface area contributed by atoms with Crippen molar-refractivity contribution in [3.05, 3.63) is 59.4 Å². The average Bonchev–Trinajstić information content (AvgIpc) is 2.52. The first-order chi connectivity index (χ1) is 10.6. The van der Waals surface area contributed by atoms with Crippen LogP contribution in [0.1, 0.15) is 16.7 Å². The Morgan fingerprint density at radius 2 is 1.91 bits per heavy atom. The number of carbonyl (C=O) groups is 1. The molecule has 0 aliphatic carbocycles. The molecule has 0 N–H and O–H groups in total. The number of rotatable bonds is 6. The van der Waals surface area contributed by atoms with Gasteiger partial charge in [-0.15, -0.1) is 0 Å². The van der Waals surface area contributed by atoms with Gasteiger partial charge in [0.25, 0.3) is 5.91 Å². The van der Waals surface area contributed by atoms with E-state index in [2.05, 4.69) is 4.98 Å². The van der Waals surface area contributed by atoms with Crippen LogP contribution in [0, 0.1) is 13.8 Å². The normalized spacial score (nSPS) is 10.3. The van der Waals surface area contributed by atoms with Gasteiger partial charge in [0.05, 0.1) is 0 Å². The summed E-state index contributed by atoms with van der Waals surface area (Å²) in [5, 5.41) is 0. The monoisotopic (exact) mass is 298 g/mol. The van der Waals surface area contributed by atoms with E-state index in [-0.39, 0.29) is 12.5 Å². The minimum Gasteiger partial charge on any atom is -0.484 e. The fourth-order valence-corrected chi connectivity index (χ4v) is 2.18. The lowest BCUT2D eigenvalue weighted by atomic mass is 10.1. The van der Waals surface area contributed by atoms with Crippen molar-refractivity contribution in [2.45, 2.75) is 20.3 Å². The second-order valence-electron chi connectivity index (χ2n) is 5.48. The van der Waals surface area contributed by atoms with Crippen molar-refractivity contribution < 1.29 is 9.53 Å². The molecule has 0 spiro atoms. The van der Waals surface area contributed by atoms with Gasteiger partial charge in [0.2, 0.25) is 0 Å². The van der Waals surface area contributed by atoms with Crippen molar-refractivity contribution in [1.29, 1.82) is 0 Å². The smallest absolute Gasteiger partial charge is 0.260 e. The molecule has 0 saturated heterocycles. The van der Waals surface area contributed by atoms with Crippen LogP contribution in [0.5, 0.6) is 5.75 Å². The van der Waals surface area contributed by atoms with Gasteiger partial charge in [-0.1, -0.05) is 17.7 Å². The highest BCUT2D eigenvalue weighted by Crippen LogP contribution is 2.18. The van der Waals surface area contributed by atoms with Crippen molar-refractivity contribution in [1.82, 2.24) is 9.88 Å². The van der Waals surface area contributed by atoms with Gasteiger partial charge < -0.3 is 9.64 Å². The molecule has 0 fully saturated rings. The number of aromatic nitrogens is 1. The molecule has 4 heteroatoms. The van der Waals surface area contributed by atoms with Crippen LogP contribution in [0.4, 0.5) is 0 Å². The molecular weight excluding hydrogens is 276 g/mol. The predicted molar refractivity (Wildman–Crippen MR) is 87.0 cm³/mol. The van der Waals surface area contributed by atoms with E-state index in [1.165, 1.54) is 11.1 Å². The number of hydrogen-bond acceptors (Lipinski definition) is 3. The molecule has 0 saturated carbocycles. The first-order valence-electron chi connectivity index (χ1n) is 7.39. The second-order valence-corrected chi connectivity index (χ2v) is 5.48. The first kappa shape index (κ1) is 16.0. The zero-order valence-corrected chi connectivity index (χ0v) is 13.4. The van der Waals surface area contributed by atoms with Crippen molar-refractivity contribution in [3.63, 3.8) is 0 Å². The summed E-state index contributed by atoms with van der Waals surface area (Å²) in [5.41, 5.74) is 3.41. The van der Waals surface area contributed by atoms with E-state index in [4.69, 9.17) is 4.74 Å². The molecular formula is C18H22N2O2. The molecule has 116 valence electrons. The van der Waals surface area contributed by atoms with Crippen molar-refractivity contribution in [2.75, 3.05) is 20.2 Å². The van der Waals surface area contributed by atoms with Crippen LogP contribution in [0.2, 0.25) is 0 Å². The Balaban J connectivity index is 1.81. The van der Waals surface area contributed by atoms with Crippen LogP contribution in [0.25, 0.3) is 0 Å². The Hall–Kier alpha value is -2.36. The third-order valence-electron chi connectivity index (χ3n) is 3.59. The van der Waals surface area contributed by atoms with Crippen molar-refractivity contribution in [2.24, 2.45) is 0 Å². The molecule has 0 aliphatic rings. The number of hydrogen-bond donors (Lipinski definition) is 0. The highest BCUT2D eigenvalue weighted by atomic mass is 16.5. The second kappa shape index (κ2) is 7.59. The van der Waals surface area contributed by atoms with Gasteiger partial charge in [-0.05, 0) is 49.6 Å². The van der Waals surface area contributed by atoms with E-state index < -0.39 is 0 Å². The topological polar surface area (TPSA) is 42.4 Å². The van der Waals surface area contributed by atoms with Crippen LogP contribution < -0.4 is 4.74 Å². The maximum atomic E-state index is 12.1. The van der Waals surface area contributed by atoms with Crippen LogP contribution in [-0.4, -0.2) is 36.0 Å². The standard InChI is InChI=1S/C18H22N2O2/c1-14-4-5-17(15(2)12-14)22-13-18(21)20(3)11-8-16-6-9-19-10-7-16/h4-7,9-10,12H,8,11,13H2,1-3H3. The van der Waals surface area contributed by atoms with Crippen LogP contribution in [0.15, 0.2) is 42.7 Å². The predicted octanol–water partition coefficient (Wildman–Crippen LogP) is 2.78. The van der Waals surface area contributed by atoms with Gasteiger partial charge >= 0.3 is 0 Å². The van der Waals surface area contributed by atoms with E-state index in [0.29, 0.717) is 6.54 Å². The number of ether oxygens (including phenoxy) is 1. The summed E-state index contributed by atoms with van der Waals surface area (Å²) in [6.07, 6.45) is 4.34. The van der Waals surface area contributed by atoms with Crippen LogP contribution in [-0.2, 0) is 11.2 Å². The summed E-state index contributed by atoms with van der Waals surface area (Å²) in [6.45, 7) is 4.75. The lowest BCUT2D eigenvalue weighted by Crippen LogP contribution is -2.33. The molecule has 1 aromatic carbocycles.